The fourth-order valence-electron chi connectivity index (χ4n) is 4.01. The zero-order chi connectivity index (χ0) is 21.1. The van der Waals surface area contributed by atoms with Crippen molar-refractivity contribution < 1.29 is 9.53 Å². The number of carbonyl (C=O) groups is 1. The summed E-state index contributed by atoms with van der Waals surface area (Å²) in [4.78, 5) is 12.0. The van der Waals surface area contributed by atoms with Crippen LogP contribution in [-0.2, 0) is 4.74 Å². The molecule has 0 spiro atoms. The molecule has 0 unspecified atom stereocenters. The molecule has 150 valence electrons. The van der Waals surface area contributed by atoms with Crippen LogP contribution in [0.4, 0.5) is 0 Å². The molecule has 0 aromatic heterocycles. The summed E-state index contributed by atoms with van der Waals surface area (Å²) in [5.74, 6) is -3.93. The first kappa shape index (κ1) is 20.3. The van der Waals surface area contributed by atoms with Gasteiger partial charge in [0.25, 0.3) is 0 Å². The van der Waals surface area contributed by atoms with E-state index in [0.29, 0.717) is 5.56 Å². The number of methoxy groups -OCH3 is 1. The third kappa shape index (κ3) is 3.04. The maximum atomic E-state index is 12.0. The molecule has 0 bridgehead atoms. The molecule has 0 aliphatic rings. The molecular weight excluding hydrogens is 411 g/mol. The average molecular weight is 433 g/mol. The Labute approximate surface area is 181 Å². The number of benzene rings is 4. The molecule has 0 saturated heterocycles. The van der Waals surface area contributed by atoms with Crippen molar-refractivity contribution in [2.24, 2.45) is 0 Å². The van der Waals surface area contributed by atoms with Gasteiger partial charge in [-0.15, -0.1) is 0 Å². The number of esters is 1. The van der Waals surface area contributed by atoms with E-state index < -0.39 is 5.96 Å². The second kappa shape index (κ2) is 8.07. The molecule has 0 aliphatic carbocycles. The van der Waals surface area contributed by atoms with Gasteiger partial charge >= 0.3 is 182 Å². The van der Waals surface area contributed by atoms with E-state index in [1.165, 1.54) is 7.11 Å². The van der Waals surface area contributed by atoms with E-state index in [1.54, 1.807) is 12.1 Å². The predicted octanol–water partition coefficient (Wildman–Crippen LogP) is 4.78. The number of hydrogen-bond donors (Lipinski definition) is 0. The molecular formula is C26H22ClO2P. The Hall–Kier alpha value is -2.93. The van der Waals surface area contributed by atoms with Gasteiger partial charge in [-0.1, -0.05) is 0 Å². The fourth-order valence-corrected chi connectivity index (χ4v) is 10.1. The SMILES string of the molecule is COC(=O)c1ccc(P(Cl)(c2ccccc2)(c2ccccc2)c2ccccc2)cc1. The van der Waals surface area contributed by atoms with Crippen molar-refractivity contribution in [3.63, 3.8) is 0 Å². The van der Waals surface area contributed by atoms with E-state index in [4.69, 9.17) is 16.0 Å². The van der Waals surface area contributed by atoms with Crippen molar-refractivity contribution >= 4 is 44.4 Å². The first-order chi connectivity index (χ1) is 14.6. The second-order valence-electron chi connectivity index (χ2n) is 7.05. The van der Waals surface area contributed by atoms with Crippen molar-refractivity contribution in [1.29, 1.82) is 0 Å². The van der Waals surface area contributed by atoms with Crippen molar-refractivity contribution in [3.05, 3.63) is 121 Å². The first-order valence-electron chi connectivity index (χ1n) is 9.68. The predicted molar refractivity (Wildman–Crippen MR) is 128 cm³/mol. The topological polar surface area (TPSA) is 26.3 Å². The Morgan fingerprint density at radius 2 is 0.933 bits per heavy atom. The zero-order valence-electron chi connectivity index (χ0n) is 16.6. The molecule has 2 nitrogen and oxygen atoms in total. The molecule has 0 amide bonds. The van der Waals surface area contributed by atoms with E-state index in [-0.39, 0.29) is 5.97 Å². The van der Waals surface area contributed by atoms with Gasteiger partial charge in [0, 0.05) is 0 Å². The molecule has 0 heterocycles. The number of ether oxygens (including phenoxy) is 1. The molecule has 0 N–H and O–H groups in total. The summed E-state index contributed by atoms with van der Waals surface area (Å²) in [6, 6.07) is 38.2. The van der Waals surface area contributed by atoms with Crippen LogP contribution in [0, 0.1) is 0 Å². The van der Waals surface area contributed by atoms with Crippen molar-refractivity contribution in [2.45, 2.75) is 0 Å². The summed E-state index contributed by atoms with van der Waals surface area (Å²) in [6.07, 6.45) is 0. The number of hydrogen-bond acceptors (Lipinski definition) is 2. The monoisotopic (exact) mass is 432 g/mol. The Bertz CT molecular complexity index is 1040. The normalized spacial score (nSPS) is 12.5. The standard InChI is InChI=1S/C26H22ClO2P/c1-29-26(28)21-17-19-25(20-18-21)30(27,22-11-5-2-6-12-22,23-13-7-3-8-14-23)24-15-9-4-10-16-24/h2-20H,1H3. The van der Waals surface area contributed by atoms with Gasteiger partial charge in [-0.05, 0) is 0 Å². The second-order valence-corrected chi connectivity index (χ2v) is 13.2. The molecule has 4 rings (SSSR count). The fraction of sp³-hybridized carbons (Fsp3) is 0.0385. The zero-order valence-corrected chi connectivity index (χ0v) is 18.3. The van der Waals surface area contributed by atoms with Gasteiger partial charge in [-0.3, -0.25) is 0 Å². The molecule has 4 aromatic carbocycles. The molecule has 0 aliphatic heterocycles. The van der Waals surface area contributed by atoms with Gasteiger partial charge < -0.3 is 0 Å². The molecule has 0 radical (unpaired) electrons. The van der Waals surface area contributed by atoms with Gasteiger partial charge in [-0.2, -0.15) is 0 Å². The van der Waals surface area contributed by atoms with Crippen LogP contribution in [0.5, 0.6) is 0 Å². The quantitative estimate of drug-likeness (QED) is 0.335. The molecule has 30 heavy (non-hydrogen) atoms. The van der Waals surface area contributed by atoms with Crippen molar-refractivity contribution in [1.82, 2.24) is 0 Å². The van der Waals surface area contributed by atoms with Crippen LogP contribution in [0.2, 0.25) is 0 Å². The minimum absolute atomic E-state index is 0.365. The number of halogens is 1. The Balaban J connectivity index is 2.13. The van der Waals surface area contributed by atoms with Crippen molar-refractivity contribution in [2.75, 3.05) is 7.11 Å². The summed E-state index contributed by atoms with van der Waals surface area (Å²) in [6.45, 7) is 0. The molecule has 0 saturated carbocycles. The summed E-state index contributed by atoms with van der Waals surface area (Å²) in [5, 5.41) is 4.12. The summed E-state index contributed by atoms with van der Waals surface area (Å²) in [7, 11) is 1.38. The van der Waals surface area contributed by atoms with Crippen LogP contribution in [0.15, 0.2) is 115 Å². The number of rotatable bonds is 5. The van der Waals surface area contributed by atoms with E-state index in [1.807, 2.05) is 66.7 Å². The molecule has 0 atom stereocenters. The van der Waals surface area contributed by atoms with Crippen LogP contribution < -0.4 is 21.2 Å². The van der Waals surface area contributed by atoms with E-state index in [2.05, 4.69) is 36.4 Å². The first-order valence-corrected chi connectivity index (χ1v) is 12.8. The average Bonchev–Trinajstić information content (AvgIpc) is 2.85. The van der Waals surface area contributed by atoms with E-state index >= 15 is 0 Å². The van der Waals surface area contributed by atoms with E-state index in [0.717, 1.165) is 21.2 Å². The molecule has 0 fully saturated rings. The van der Waals surface area contributed by atoms with Crippen LogP contribution in [-0.4, -0.2) is 13.1 Å². The third-order valence-corrected chi connectivity index (χ3v) is 12.9. The Morgan fingerprint density at radius 1 is 0.600 bits per heavy atom. The summed E-state index contributed by atoms with van der Waals surface area (Å²) in [5.41, 5.74) is 0.497. The summed E-state index contributed by atoms with van der Waals surface area (Å²) >= 11 is 8.08. The Kier molecular flexibility index (Phi) is 5.47. The summed E-state index contributed by atoms with van der Waals surface area (Å²) < 4.78 is 4.88. The van der Waals surface area contributed by atoms with Crippen LogP contribution in [0.25, 0.3) is 0 Å². The van der Waals surface area contributed by atoms with Crippen LogP contribution in [0.1, 0.15) is 10.4 Å². The van der Waals surface area contributed by atoms with Crippen molar-refractivity contribution in [3.8, 4) is 0 Å². The van der Waals surface area contributed by atoms with Gasteiger partial charge in [0.15, 0.2) is 0 Å². The minimum atomic E-state index is -3.57. The maximum absolute atomic E-state index is 12.0. The molecule has 4 aromatic rings. The van der Waals surface area contributed by atoms with Gasteiger partial charge in [0.2, 0.25) is 0 Å². The van der Waals surface area contributed by atoms with Crippen LogP contribution in [0.3, 0.4) is 0 Å². The molecule has 4 heteroatoms. The van der Waals surface area contributed by atoms with Gasteiger partial charge in [0.1, 0.15) is 0 Å². The number of carbonyl (C=O) groups excluding carboxylic acids is 1. The van der Waals surface area contributed by atoms with Gasteiger partial charge in [0.05, 0.1) is 0 Å². The van der Waals surface area contributed by atoms with Crippen LogP contribution >= 0.6 is 17.2 Å². The Morgan fingerprint density at radius 3 is 1.27 bits per heavy atom. The van der Waals surface area contributed by atoms with E-state index in [9.17, 15) is 4.79 Å². The third-order valence-electron chi connectivity index (χ3n) is 5.50. The van der Waals surface area contributed by atoms with Gasteiger partial charge in [-0.25, -0.2) is 0 Å².